The molecule has 3 saturated carbocycles. The Hall–Kier alpha value is -1.96. The fourth-order valence-corrected chi connectivity index (χ4v) is 4.30. The lowest BCUT2D eigenvalue weighted by atomic mass is 9.41. The van der Waals surface area contributed by atoms with Crippen LogP contribution in [0.2, 0.25) is 0 Å². The van der Waals surface area contributed by atoms with E-state index in [1.54, 1.807) is 0 Å². The van der Waals surface area contributed by atoms with Crippen LogP contribution in [-0.4, -0.2) is 30.3 Å². The van der Waals surface area contributed by atoms with Crippen molar-refractivity contribution in [3.05, 3.63) is 23.3 Å². The molecule has 1 amide bonds. The van der Waals surface area contributed by atoms with Crippen molar-refractivity contribution in [1.82, 2.24) is 5.32 Å². The summed E-state index contributed by atoms with van der Waals surface area (Å²) in [6.07, 6.45) is -1.62. The zero-order valence-corrected chi connectivity index (χ0v) is 13.4. The number of aliphatic hydroxyl groups is 1. The Morgan fingerprint density at radius 3 is 2.56 bits per heavy atom. The molecule has 25 heavy (non-hydrogen) atoms. The van der Waals surface area contributed by atoms with Crippen LogP contribution in [0.4, 0.5) is 18.9 Å². The average Bonchev–Trinajstić information content (AvgIpc) is 2.61. The molecule has 4 aliphatic rings. The molecule has 3 fully saturated rings. The molecule has 0 radical (unpaired) electrons. The molecule has 2 bridgehead atoms. The summed E-state index contributed by atoms with van der Waals surface area (Å²) in [5.41, 5.74) is -0.218. The third-order valence-corrected chi connectivity index (χ3v) is 5.60. The van der Waals surface area contributed by atoms with E-state index in [1.807, 2.05) is 0 Å². The Bertz CT molecular complexity index is 703. The molecule has 1 aromatic rings. The summed E-state index contributed by atoms with van der Waals surface area (Å²) in [6.45, 7) is -0.682. The van der Waals surface area contributed by atoms with Crippen molar-refractivity contribution in [3.63, 3.8) is 0 Å². The summed E-state index contributed by atoms with van der Waals surface area (Å²) in [6, 6.07) is 1.90. The smallest absolute Gasteiger partial charge is 0.419 e. The molecule has 0 spiro atoms. The van der Waals surface area contributed by atoms with Crippen molar-refractivity contribution in [2.75, 3.05) is 18.5 Å². The van der Waals surface area contributed by atoms with Crippen molar-refractivity contribution < 1.29 is 27.8 Å². The van der Waals surface area contributed by atoms with Crippen LogP contribution in [0, 0.1) is 11.3 Å². The van der Waals surface area contributed by atoms with E-state index >= 15 is 0 Å². The molecule has 1 heterocycles. The van der Waals surface area contributed by atoms with Crippen LogP contribution in [0.1, 0.15) is 30.4 Å². The van der Waals surface area contributed by atoms with E-state index in [4.69, 9.17) is 9.84 Å². The molecule has 1 unspecified atom stereocenters. The number of ether oxygens (including phenoxy) is 1. The van der Waals surface area contributed by atoms with E-state index in [2.05, 4.69) is 10.6 Å². The number of aliphatic hydroxyl groups excluding tert-OH is 1. The monoisotopic (exact) mass is 356 g/mol. The fraction of sp³-hybridized carbons (Fsp3) is 0.588. The third kappa shape index (κ3) is 2.54. The molecule has 8 heteroatoms. The van der Waals surface area contributed by atoms with Crippen LogP contribution in [0.25, 0.3) is 0 Å². The summed E-state index contributed by atoms with van der Waals surface area (Å²) >= 11 is 0. The first-order valence-electron chi connectivity index (χ1n) is 8.35. The second-order valence-electron chi connectivity index (χ2n) is 7.17. The Morgan fingerprint density at radius 2 is 2.00 bits per heavy atom. The van der Waals surface area contributed by atoms with Gasteiger partial charge in [0.15, 0.2) is 0 Å². The molecule has 3 N–H and O–H groups in total. The van der Waals surface area contributed by atoms with Gasteiger partial charge >= 0.3 is 6.18 Å². The number of carbonyl (C=O) groups is 1. The molecule has 1 atom stereocenters. The molecule has 5 rings (SSSR count). The van der Waals surface area contributed by atoms with Crippen molar-refractivity contribution in [2.45, 2.75) is 38.0 Å². The quantitative estimate of drug-likeness (QED) is 0.774. The van der Waals surface area contributed by atoms with Gasteiger partial charge in [0.25, 0.3) is 0 Å². The summed E-state index contributed by atoms with van der Waals surface area (Å²) in [5.74, 6) is 0.175. The van der Waals surface area contributed by atoms with Crippen molar-refractivity contribution in [2.24, 2.45) is 11.3 Å². The van der Waals surface area contributed by atoms with Gasteiger partial charge in [0.2, 0.25) is 5.91 Å². The van der Waals surface area contributed by atoms with Crippen LogP contribution < -0.4 is 15.4 Å². The number of rotatable bonds is 4. The van der Waals surface area contributed by atoms with Gasteiger partial charge < -0.3 is 20.5 Å². The number of hydrogen-bond acceptors (Lipinski definition) is 4. The van der Waals surface area contributed by atoms with Crippen molar-refractivity contribution in [3.8, 4) is 5.75 Å². The number of hydrogen-bond donors (Lipinski definition) is 3. The molecular formula is C17H19F3N2O3. The zero-order valence-electron chi connectivity index (χ0n) is 13.4. The van der Waals surface area contributed by atoms with Gasteiger partial charge in [-0.3, -0.25) is 4.79 Å². The van der Waals surface area contributed by atoms with E-state index < -0.39 is 24.4 Å². The highest BCUT2D eigenvalue weighted by molar-refractivity contribution is 5.88. The number of carbonyl (C=O) groups excluding carboxylic acids is 1. The molecule has 136 valence electrons. The minimum absolute atomic E-state index is 0.0398. The molecule has 0 saturated heterocycles. The Kier molecular flexibility index (Phi) is 3.64. The number of fused-ring (bicyclic) bond motifs is 1. The first-order chi connectivity index (χ1) is 11.8. The summed E-state index contributed by atoms with van der Waals surface area (Å²) < 4.78 is 45.1. The number of benzene rings is 1. The minimum atomic E-state index is -4.58. The topological polar surface area (TPSA) is 70.6 Å². The van der Waals surface area contributed by atoms with Gasteiger partial charge in [0.1, 0.15) is 18.4 Å². The van der Waals surface area contributed by atoms with E-state index in [0.29, 0.717) is 11.6 Å². The molecule has 1 aliphatic heterocycles. The standard InChI is InChI=1S/C17H19F3N2O3/c18-17(19,20)11-1-2-12-10(13(11)25-4-3-23)8-21-15(24)14(22-12)16-5-9(6-16)7-16/h1-2,9,14,22-23H,3-8H2,(H,21,24). The van der Waals surface area contributed by atoms with E-state index in [-0.39, 0.29) is 35.8 Å². The average molecular weight is 356 g/mol. The van der Waals surface area contributed by atoms with Gasteiger partial charge in [-0.2, -0.15) is 13.2 Å². The highest BCUT2D eigenvalue weighted by Crippen LogP contribution is 2.66. The van der Waals surface area contributed by atoms with E-state index in [0.717, 1.165) is 25.3 Å². The van der Waals surface area contributed by atoms with E-state index in [9.17, 15) is 18.0 Å². The Labute approximate surface area is 142 Å². The van der Waals surface area contributed by atoms with Crippen LogP contribution in [-0.2, 0) is 17.5 Å². The first kappa shape index (κ1) is 16.5. The number of alkyl halides is 3. The van der Waals surface area contributed by atoms with E-state index in [1.165, 1.54) is 6.07 Å². The number of nitrogens with one attached hydrogen (secondary N) is 2. The molecule has 0 aromatic heterocycles. The van der Waals surface area contributed by atoms with Crippen LogP contribution in [0.15, 0.2) is 12.1 Å². The molecule has 5 nitrogen and oxygen atoms in total. The lowest BCUT2D eigenvalue weighted by Gasteiger charge is -2.64. The Morgan fingerprint density at radius 1 is 1.28 bits per heavy atom. The number of halogens is 3. The minimum Gasteiger partial charge on any atom is -0.490 e. The predicted octanol–water partition coefficient (Wildman–Crippen LogP) is 2.29. The normalized spacial score (nSPS) is 30.2. The maximum Gasteiger partial charge on any atom is 0.419 e. The summed E-state index contributed by atoms with van der Waals surface area (Å²) in [5, 5.41) is 14.8. The Balaban J connectivity index is 1.72. The zero-order chi connectivity index (χ0) is 17.8. The van der Waals surface area contributed by atoms with Gasteiger partial charge in [0, 0.05) is 23.2 Å². The number of anilines is 1. The molecular weight excluding hydrogens is 337 g/mol. The SMILES string of the molecule is O=C1NCc2c(ccc(C(F)(F)F)c2OCCO)NC1C12CC(C1)C2. The predicted molar refractivity (Wildman–Crippen MR) is 83.1 cm³/mol. The molecule has 1 aromatic carbocycles. The highest BCUT2D eigenvalue weighted by atomic mass is 19.4. The van der Waals surface area contributed by atoms with Gasteiger partial charge in [-0.05, 0) is 37.3 Å². The van der Waals surface area contributed by atoms with Crippen molar-refractivity contribution >= 4 is 11.6 Å². The maximum atomic E-state index is 13.3. The van der Waals surface area contributed by atoms with Crippen LogP contribution >= 0.6 is 0 Å². The molecule has 3 aliphatic carbocycles. The van der Waals surface area contributed by atoms with Crippen molar-refractivity contribution in [1.29, 1.82) is 0 Å². The first-order valence-corrected chi connectivity index (χ1v) is 8.35. The van der Waals surface area contributed by atoms with Gasteiger partial charge in [-0.15, -0.1) is 0 Å². The third-order valence-electron chi connectivity index (χ3n) is 5.60. The van der Waals surface area contributed by atoms with Gasteiger partial charge in [-0.1, -0.05) is 0 Å². The lowest BCUT2D eigenvalue weighted by molar-refractivity contribution is -0.148. The van der Waals surface area contributed by atoms with Crippen LogP contribution in [0.3, 0.4) is 0 Å². The number of amides is 1. The largest absolute Gasteiger partial charge is 0.490 e. The maximum absolute atomic E-state index is 13.3. The summed E-state index contributed by atoms with van der Waals surface area (Å²) in [7, 11) is 0. The summed E-state index contributed by atoms with van der Waals surface area (Å²) in [4.78, 5) is 12.5. The van der Waals surface area contributed by atoms with Gasteiger partial charge in [0.05, 0.1) is 12.2 Å². The van der Waals surface area contributed by atoms with Gasteiger partial charge in [-0.25, -0.2) is 0 Å². The second kappa shape index (κ2) is 5.52. The second-order valence-corrected chi connectivity index (χ2v) is 7.17. The highest BCUT2D eigenvalue weighted by Gasteiger charge is 2.62. The van der Waals surface area contributed by atoms with Crippen LogP contribution in [0.5, 0.6) is 5.75 Å². The lowest BCUT2D eigenvalue weighted by Crippen LogP contribution is -2.64. The fourth-order valence-electron chi connectivity index (χ4n) is 4.30.